The van der Waals surface area contributed by atoms with E-state index in [1.54, 1.807) is 6.26 Å². The molecule has 0 spiro atoms. The van der Waals surface area contributed by atoms with Crippen LogP contribution >= 0.6 is 0 Å². The second-order valence-electron chi connectivity index (χ2n) is 4.47. The molecule has 1 aliphatic rings. The number of H-pyrrole nitrogens is 1. The van der Waals surface area contributed by atoms with Gasteiger partial charge in [-0.05, 0) is 25.5 Å². The van der Waals surface area contributed by atoms with Crippen molar-refractivity contribution in [3.8, 4) is 0 Å². The van der Waals surface area contributed by atoms with Gasteiger partial charge >= 0.3 is 0 Å². The molecule has 0 amide bonds. The van der Waals surface area contributed by atoms with Crippen molar-refractivity contribution in [1.82, 2.24) is 10.2 Å². The topological polar surface area (TPSA) is 67.8 Å². The summed E-state index contributed by atoms with van der Waals surface area (Å²) in [5, 5.41) is 7.33. The van der Waals surface area contributed by atoms with Crippen LogP contribution in [0.25, 0.3) is 0 Å². The molecule has 2 atom stereocenters. The van der Waals surface area contributed by atoms with Gasteiger partial charge in [-0.3, -0.25) is 5.10 Å². The van der Waals surface area contributed by atoms with Gasteiger partial charge < -0.3 is 10.2 Å². The molecule has 2 aromatic rings. The number of hydrogen-bond donors (Lipinski definition) is 2. The number of nitrogens with two attached hydrogens (primary N) is 1. The zero-order valence-electron chi connectivity index (χ0n) is 9.23. The summed E-state index contributed by atoms with van der Waals surface area (Å²) >= 11 is 0. The third kappa shape index (κ3) is 1.38. The molecule has 3 N–H and O–H groups in total. The van der Waals surface area contributed by atoms with E-state index >= 15 is 0 Å². The number of aromatic nitrogens is 2. The van der Waals surface area contributed by atoms with Gasteiger partial charge in [0.1, 0.15) is 5.76 Å². The predicted molar refractivity (Wildman–Crippen MR) is 60.0 cm³/mol. The van der Waals surface area contributed by atoms with Crippen LogP contribution in [0.15, 0.2) is 22.8 Å². The third-order valence-electron chi connectivity index (χ3n) is 3.37. The molecule has 2 aromatic heterocycles. The average molecular weight is 217 g/mol. The lowest BCUT2D eigenvalue weighted by Crippen LogP contribution is -2.22. The number of furan rings is 1. The summed E-state index contributed by atoms with van der Waals surface area (Å²) in [5.41, 5.74) is 9.58. The minimum Gasteiger partial charge on any atom is -0.469 e. The first kappa shape index (κ1) is 9.66. The van der Waals surface area contributed by atoms with Crippen LogP contribution in [0.2, 0.25) is 0 Å². The molecule has 1 aliphatic carbocycles. The zero-order valence-corrected chi connectivity index (χ0v) is 9.23. The quantitative estimate of drug-likeness (QED) is 0.768. The number of nitrogens with zero attached hydrogens (tertiary/aromatic N) is 1. The SMILES string of the molecule is Cc1[nH]nc2c1C(N)CC(c1ccco1)C2. The number of rotatable bonds is 1. The highest BCUT2D eigenvalue weighted by Crippen LogP contribution is 2.37. The maximum absolute atomic E-state index is 6.19. The highest BCUT2D eigenvalue weighted by Gasteiger charge is 2.30. The molecule has 0 saturated carbocycles. The Labute approximate surface area is 93.8 Å². The molecule has 16 heavy (non-hydrogen) atoms. The molecule has 0 aliphatic heterocycles. The molecular formula is C12H15N3O. The van der Waals surface area contributed by atoms with Crippen LogP contribution in [0.3, 0.4) is 0 Å². The standard InChI is InChI=1S/C12H15N3O/c1-7-12-9(13)5-8(6-10(12)15-14-7)11-3-2-4-16-11/h2-4,8-9H,5-6,13H2,1H3,(H,14,15). The lowest BCUT2D eigenvalue weighted by molar-refractivity contribution is 0.405. The van der Waals surface area contributed by atoms with Gasteiger partial charge in [-0.1, -0.05) is 0 Å². The van der Waals surface area contributed by atoms with E-state index in [-0.39, 0.29) is 6.04 Å². The molecule has 84 valence electrons. The Morgan fingerprint density at radius 3 is 3.19 bits per heavy atom. The minimum absolute atomic E-state index is 0.0672. The highest BCUT2D eigenvalue weighted by molar-refractivity contribution is 5.32. The fourth-order valence-electron chi connectivity index (χ4n) is 2.62. The van der Waals surface area contributed by atoms with E-state index in [9.17, 15) is 0 Å². The Hall–Kier alpha value is -1.55. The maximum Gasteiger partial charge on any atom is 0.107 e. The second kappa shape index (κ2) is 3.49. The molecule has 2 unspecified atom stereocenters. The molecule has 2 heterocycles. The fraction of sp³-hybridized carbons (Fsp3) is 0.417. The van der Waals surface area contributed by atoms with Crippen molar-refractivity contribution in [1.29, 1.82) is 0 Å². The Morgan fingerprint density at radius 1 is 1.56 bits per heavy atom. The normalized spacial score (nSPS) is 24.4. The Balaban J connectivity index is 1.95. The Morgan fingerprint density at radius 2 is 2.44 bits per heavy atom. The van der Waals surface area contributed by atoms with Gasteiger partial charge in [0.2, 0.25) is 0 Å². The van der Waals surface area contributed by atoms with Gasteiger partial charge in [-0.25, -0.2) is 0 Å². The summed E-state index contributed by atoms with van der Waals surface area (Å²) in [7, 11) is 0. The van der Waals surface area contributed by atoms with Crippen LogP contribution in [0.1, 0.15) is 41.1 Å². The molecule has 4 heteroatoms. The third-order valence-corrected chi connectivity index (χ3v) is 3.37. The van der Waals surface area contributed by atoms with Gasteiger partial charge in [0.05, 0.1) is 12.0 Å². The number of nitrogens with one attached hydrogen (secondary N) is 1. The van der Waals surface area contributed by atoms with Crippen molar-refractivity contribution < 1.29 is 4.42 Å². The second-order valence-corrected chi connectivity index (χ2v) is 4.47. The summed E-state index contributed by atoms with van der Waals surface area (Å²) in [6, 6.07) is 4.01. The average Bonchev–Trinajstić information content (AvgIpc) is 2.87. The van der Waals surface area contributed by atoms with E-state index in [2.05, 4.69) is 10.2 Å². The van der Waals surface area contributed by atoms with E-state index in [1.807, 2.05) is 19.1 Å². The first-order chi connectivity index (χ1) is 7.75. The smallest absolute Gasteiger partial charge is 0.107 e. The van der Waals surface area contributed by atoms with Crippen LogP contribution in [0, 0.1) is 6.92 Å². The van der Waals surface area contributed by atoms with Crippen molar-refractivity contribution in [2.24, 2.45) is 5.73 Å². The van der Waals surface area contributed by atoms with Crippen LogP contribution in [-0.2, 0) is 6.42 Å². The summed E-state index contributed by atoms with van der Waals surface area (Å²) in [6.07, 6.45) is 3.56. The number of fused-ring (bicyclic) bond motifs is 1. The van der Waals surface area contributed by atoms with Crippen LogP contribution in [0.4, 0.5) is 0 Å². The Bertz CT molecular complexity index is 486. The molecule has 0 fully saturated rings. The van der Waals surface area contributed by atoms with Crippen LogP contribution < -0.4 is 5.73 Å². The molecular weight excluding hydrogens is 202 g/mol. The van der Waals surface area contributed by atoms with Crippen molar-refractivity contribution >= 4 is 0 Å². The van der Waals surface area contributed by atoms with Crippen molar-refractivity contribution in [3.05, 3.63) is 41.1 Å². The lowest BCUT2D eigenvalue weighted by atomic mass is 9.82. The van der Waals surface area contributed by atoms with E-state index in [0.717, 1.165) is 30.0 Å². The fourth-order valence-corrected chi connectivity index (χ4v) is 2.62. The molecule has 0 saturated heterocycles. The summed E-state index contributed by atoms with van der Waals surface area (Å²) in [4.78, 5) is 0. The number of aromatic amines is 1. The van der Waals surface area contributed by atoms with Crippen LogP contribution in [-0.4, -0.2) is 10.2 Å². The van der Waals surface area contributed by atoms with E-state index in [1.165, 1.54) is 5.56 Å². The largest absolute Gasteiger partial charge is 0.469 e. The lowest BCUT2D eigenvalue weighted by Gasteiger charge is -2.25. The molecule has 0 bridgehead atoms. The first-order valence-corrected chi connectivity index (χ1v) is 5.58. The molecule has 0 radical (unpaired) electrons. The zero-order chi connectivity index (χ0) is 11.1. The minimum atomic E-state index is 0.0672. The van der Waals surface area contributed by atoms with Gasteiger partial charge in [0.25, 0.3) is 0 Å². The van der Waals surface area contributed by atoms with E-state index in [0.29, 0.717) is 5.92 Å². The Kier molecular flexibility index (Phi) is 2.11. The van der Waals surface area contributed by atoms with Gasteiger partial charge in [0.15, 0.2) is 0 Å². The van der Waals surface area contributed by atoms with Crippen molar-refractivity contribution in [2.75, 3.05) is 0 Å². The van der Waals surface area contributed by atoms with Gasteiger partial charge in [-0.15, -0.1) is 0 Å². The molecule has 4 nitrogen and oxygen atoms in total. The highest BCUT2D eigenvalue weighted by atomic mass is 16.3. The van der Waals surface area contributed by atoms with Crippen molar-refractivity contribution in [3.63, 3.8) is 0 Å². The monoisotopic (exact) mass is 217 g/mol. The van der Waals surface area contributed by atoms with E-state index in [4.69, 9.17) is 10.2 Å². The number of aryl methyl sites for hydroxylation is 1. The van der Waals surface area contributed by atoms with Crippen LogP contribution in [0.5, 0.6) is 0 Å². The summed E-state index contributed by atoms with van der Waals surface area (Å²) < 4.78 is 5.45. The van der Waals surface area contributed by atoms with Gasteiger partial charge in [0, 0.05) is 29.6 Å². The summed E-state index contributed by atoms with van der Waals surface area (Å²) in [5.74, 6) is 1.38. The van der Waals surface area contributed by atoms with E-state index < -0.39 is 0 Å². The van der Waals surface area contributed by atoms with Gasteiger partial charge in [-0.2, -0.15) is 5.10 Å². The first-order valence-electron chi connectivity index (χ1n) is 5.58. The molecule has 0 aromatic carbocycles. The maximum atomic E-state index is 6.19. The van der Waals surface area contributed by atoms with Crippen molar-refractivity contribution in [2.45, 2.75) is 31.7 Å². The molecule has 3 rings (SSSR count). The number of hydrogen-bond acceptors (Lipinski definition) is 3. The predicted octanol–water partition coefficient (Wildman–Crippen LogP) is 2.04. The summed E-state index contributed by atoms with van der Waals surface area (Å²) in [6.45, 7) is 2.03.